The van der Waals surface area contributed by atoms with E-state index in [2.05, 4.69) is 31.0 Å². The molecule has 0 amide bonds. The van der Waals surface area contributed by atoms with Gasteiger partial charge in [0.2, 0.25) is 11.8 Å². The first kappa shape index (κ1) is 9.23. The van der Waals surface area contributed by atoms with Gasteiger partial charge < -0.3 is 4.42 Å². The summed E-state index contributed by atoms with van der Waals surface area (Å²) >= 11 is 0. The van der Waals surface area contributed by atoms with E-state index in [9.17, 15) is 0 Å². The molecule has 3 heteroatoms. The molecule has 0 aliphatic heterocycles. The molecule has 0 aliphatic carbocycles. The Morgan fingerprint density at radius 2 is 1.75 bits per heavy atom. The normalized spacial score (nSPS) is 12.0. The maximum atomic E-state index is 5.39. The molecule has 1 aromatic rings. The molecule has 0 spiro atoms. The Bertz CT molecular complexity index is 247. The van der Waals surface area contributed by atoms with Crippen molar-refractivity contribution in [2.45, 2.75) is 40.5 Å². The van der Waals surface area contributed by atoms with E-state index in [1.54, 1.807) is 0 Å². The molecule has 0 saturated heterocycles. The third-order valence-corrected chi connectivity index (χ3v) is 1.49. The summed E-state index contributed by atoms with van der Waals surface area (Å²) in [4.78, 5) is 0. The first-order chi connectivity index (χ1) is 5.51. The SMILES string of the molecule is CCc1nnc(CC(C)(C)C)o1. The molecule has 1 heterocycles. The Morgan fingerprint density at radius 3 is 2.17 bits per heavy atom. The molecule has 12 heavy (non-hydrogen) atoms. The van der Waals surface area contributed by atoms with Gasteiger partial charge in [0.1, 0.15) is 0 Å². The van der Waals surface area contributed by atoms with E-state index in [0.717, 1.165) is 24.6 Å². The second-order valence-electron chi connectivity index (χ2n) is 4.18. The van der Waals surface area contributed by atoms with Gasteiger partial charge in [-0.1, -0.05) is 27.7 Å². The van der Waals surface area contributed by atoms with Crippen LogP contribution in [-0.4, -0.2) is 10.2 Å². The van der Waals surface area contributed by atoms with Crippen LogP contribution in [0.5, 0.6) is 0 Å². The lowest BCUT2D eigenvalue weighted by molar-refractivity contribution is 0.346. The first-order valence-electron chi connectivity index (χ1n) is 4.32. The van der Waals surface area contributed by atoms with E-state index in [1.807, 2.05) is 6.92 Å². The van der Waals surface area contributed by atoms with Crippen LogP contribution in [0.4, 0.5) is 0 Å². The summed E-state index contributed by atoms with van der Waals surface area (Å²) in [5, 5.41) is 7.86. The number of hydrogen-bond acceptors (Lipinski definition) is 3. The van der Waals surface area contributed by atoms with Gasteiger partial charge in [0, 0.05) is 12.8 Å². The zero-order valence-corrected chi connectivity index (χ0v) is 8.22. The molecule has 3 nitrogen and oxygen atoms in total. The average Bonchev–Trinajstić information content (AvgIpc) is 2.32. The van der Waals surface area contributed by atoms with Crippen LogP contribution in [0, 0.1) is 5.41 Å². The summed E-state index contributed by atoms with van der Waals surface area (Å²) in [6.45, 7) is 8.48. The van der Waals surface area contributed by atoms with Crippen LogP contribution in [0.1, 0.15) is 39.5 Å². The summed E-state index contributed by atoms with van der Waals surface area (Å²) < 4.78 is 5.39. The standard InChI is InChI=1S/C9H16N2O/c1-5-7-10-11-8(12-7)6-9(2,3)4/h5-6H2,1-4H3. The van der Waals surface area contributed by atoms with Crippen molar-refractivity contribution in [3.05, 3.63) is 11.8 Å². The fourth-order valence-electron chi connectivity index (χ4n) is 0.956. The van der Waals surface area contributed by atoms with Gasteiger partial charge in [0.25, 0.3) is 0 Å². The molecule has 1 aromatic heterocycles. The summed E-state index contributed by atoms with van der Waals surface area (Å²) in [7, 11) is 0. The summed E-state index contributed by atoms with van der Waals surface area (Å²) in [6, 6.07) is 0. The molecule has 0 unspecified atom stereocenters. The molecular formula is C9H16N2O. The summed E-state index contributed by atoms with van der Waals surface area (Å²) in [5.41, 5.74) is 0.220. The minimum absolute atomic E-state index is 0.220. The lowest BCUT2D eigenvalue weighted by atomic mass is 9.92. The highest BCUT2D eigenvalue weighted by molar-refractivity contribution is 4.85. The zero-order chi connectivity index (χ0) is 9.19. The van der Waals surface area contributed by atoms with Gasteiger partial charge in [-0.3, -0.25) is 0 Å². The molecule has 1 rings (SSSR count). The zero-order valence-electron chi connectivity index (χ0n) is 8.22. The molecule has 0 radical (unpaired) electrons. The van der Waals surface area contributed by atoms with Crippen LogP contribution in [-0.2, 0) is 12.8 Å². The van der Waals surface area contributed by atoms with Crippen molar-refractivity contribution in [2.75, 3.05) is 0 Å². The van der Waals surface area contributed by atoms with Gasteiger partial charge >= 0.3 is 0 Å². The third-order valence-electron chi connectivity index (χ3n) is 1.49. The molecule has 0 fully saturated rings. The monoisotopic (exact) mass is 168 g/mol. The topological polar surface area (TPSA) is 38.9 Å². The number of rotatable bonds is 2. The lowest BCUT2D eigenvalue weighted by Crippen LogP contribution is -2.09. The Morgan fingerprint density at radius 1 is 1.17 bits per heavy atom. The van der Waals surface area contributed by atoms with E-state index in [4.69, 9.17) is 4.42 Å². The molecule has 0 N–H and O–H groups in total. The highest BCUT2D eigenvalue weighted by atomic mass is 16.4. The molecule has 68 valence electrons. The maximum absolute atomic E-state index is 5.39. The van der Waals surface area contributed by atoms with Gasteiger partial charge in [-0.25, -0.2) is 0 Å². The molecule has 0 saturated carbocycles. The van der Waals surface area contributed by atoms with Gasteiger partial charge in [0.15, 0.2) is 0 Å². The summed E-state index contributed by atoms with van der Waals surface area (Å²) in [6.07, 6.45) is 1.66. The van der Waals surface area contributed by atoms with Crippen LogP contribution < -0.4 is 0 Å². The minimum Gasteiger partial charge on any atom is -0.425 e. The Kier molecular flexibility index (Phi) is 2.50. The fraction of sp³-hybridized carbons (Fsp3) is 0.778. The van der Waals surface area contributed by atoms with Crippen molar-refractivity contribution in [3.63, 3.8) is 0 Å². The van der Waals surface area contributed by atoms with E-state index < -0.39 is 0 Å². The minimum atomic E-state index is 0.220. The van der Waals surface area contributed by atoms with Crippen LogP contribution in [0.15, 0.2) is 4.42 Å². The maximum Gasteiger partial charge on any atom is 0.217 e. The predicted molar refractivity (Wildman–Crippen MR) is 46.8 cm³/mol. The Labute approximate surface area is 73.2 Å². The lowest BCUT2D eigenvalue weighted by Gasteiger charge is -2.14. The second-order valence-corrected chi connectivity index (χ2v) is 4.18. The first-order valence-corrected chi connectivity index (χ1v) is 4.32. The van der Waals surface area contributed by atoms with Crippen molar-refractivity contribution < 1.29 is 4.42 Å². The van der Waals surface area contributed by atoms with Gasteiger partial charge in [-0.15, -0.1) is 10.2 Å². The number of aromatic nitrogens is 2. The fourth-order valence-corrected chi connectivity index (χ4v) is 0.956. The van der Waals surface area contributed by atoms with Gasteiger partial charge in [-0.05, 0) is 5.41 Å². The van der Waals surface area contributed by atoms with Gasteiger partial charge in [0.05, 0.1) is 0 Å². The largest absolute Gasteiger partial charge is 0.425 e. The molecule has 0 aliphatic rings. The van der Waals surface area contributed by atoms with Crippen molar-refractivity contribution in [2.24, 2.45) is 5.41 Å². The predicted octanol–water partition coefficient (Wildman–Crippen LogP) is 2.22. The number of nitrogens with zero attached hydrogens (tertiary/aromatic N) is 2. The van der Waals surface area contributed by atoms with Crippen LogP contribution in [0.25, 0.3) is 0 Å². The summed E-state index contributed by atoms with van der Waals surface area (Å²) in [5.74, 6) is 1.48. The molecule has 0 atom stereocenters. The van der Waals surface area contributed by atoms with Crippen molar-refractivity contribution in [1.29, 1.82) is 0 Å². The number of aryl methyl sites for hydroxylation is 1. The highest BCUT2D eigenvalue weighted by Crippen LogP contribution is 2.19. The second kappa shape index (κ2) is 3.25. The third kappa shape index (κ3) is 2.64. The smallest absolute Gasteiger partial charge is 0.217 e. The van der Waals surface area contributed by atoms with Crippen molar-refractivity contribution in [3.8, 4) is 0 Å². The van der Waals surface area contributed by atoms with Crippen LogP contribution in [0.3, 0.4) is 0 Å². The number of hydrogen-bond donors (Lipinski definition) is 0. The van der Waals surface area contributed by atoms with Crippen LogP contribution >= 0.6 is 0 Å². The molecular weight excluding hydrogens is 152 g/mol. The molecule has 0 bridgehead atoms. The van der Waals surface area contributed by atoms with E-state index in [1.165, 1.54) is 0 Å². The van der Waals surface area contributed by atoms with E-state index >= 15 is 0 Å². The Balaban J connectivity index is 2.64. The highest BCUT2D eigenvalue weighted by Gasteiger charge is 2.15. The van der Waals surface area contributed by atoms with Crippen LogP contribution in [0.2, 0.25) is 0 Å². The average molecular weight is 168 g/mol. The molecule has 0 aromatic carbocycles. The van der Waals surface area contributed by atoms with Gasteiger partial charge in [-0.2, -0.15) is 0 Å². The Hall–Kier alpha value is -0.860. The quantitative estimate of drug-likeness (QED) is 0.679. The van der Waals surface area contributed by atoms with E-state index in [-0.39, 0.29) is 5.41 Å². The van der Waals surface area contributed by atoms with Crippen molar-refractivity contribution in [1.82, 2.24) is 10.2 Å². The van der Waals surface area contributed by atoms with E-state index in [0.29, 0.717) is 0 Å². The van der Waals surface area contributed by atoms with Crippen molar-refractivity contribution >= 4 is 0 Å².